The first-order chi connectivity index (χ1) is 11.9. The molecule has 2 aromatic carbocycles. The molecule has 1 saturated heterocycles. The number of halogens is 1. The molecule has 0 unspecified atom stereocenters. The maximum atomic E-state index is 12.8. The van der Waals surface area contributed by atoms with Crippen LogP contribution in [0.25, 0.3) is 0 Å². The van der Waals surface area contributed by atoms with Gasteiger partial charge in [0, 0.05) is 26.2 Å². The number of rotatable bonds is 4. The van der Waals surface area contributed by atoms with Crippen LogP contribution in [-0.2, 0) is 10.0 Å². The van der Waals surface area contributed by atoms with E-state index >= 15 is 0 Å². The Morgan fingerprint density at radius 2 is 1.72 bits per heavy atom. The molecule has 0 N–H and O–H groups in total. The van der Waals surface area contributed by atoms with Crippen molar-refractivity contribution >= 4 is 27.3 Å². The summed E-state index contributed by atoms with van der Waals surface area (Å²) in [4.78, 5) is 2.32. The van der Waals surface area contributed by atoms with Crippen LogP contribution < -0.4 is 9.64 Å². The predicted molar refractivity (Wildman–Crippen MR) is 100 cm³/mol. The Labute approximate surface area is 153 Å². The van der Waals surface area contributed by atoms with Gasteiger partial charge in [-0.05, 0) is 36.8 Å². The number of nitrogens with zero attached hydrogens (tertiary/aromatic N) is 2. The molecular formula is C18H21ClN2O3S. The second-order valence-corrected chi connectivity index (χ2v) is 8.31. The van der Waals surface area contributed by atoms with Crippen molar-refractivity contribution < 1.29 is 13.2 Å². The minimum absolute atomic E-state index is 0.165. The second-order valence-electron chi connectivity index (χ2n) is 6.00. The zero-order valence-electron chi connectivity index (χ0n) is 14.3. The quantitative estimate of drug-likeness (QED) is 0.817. The van der Waals surface area contributed by atoms with Crippen LogP contribution in [0.15, 0.2) is 47.4 Å². The molecule has 1 aliphatic rings. The second kappa shape index (κ2) is 7.23. The van der Waals surface area contributed by atoms with Crippen LogP contribution in [0.4, 0.5) is 5.69 Å². The molecule has 7 heteroatoms. The van der Waals surface area contributed by atoms with Gasteiger partial charge in [0.05, 0.1) is 17.8 Å². The highest BCUT2D eigenvalue weighted by atomic mass is 35.5. The summed E-state index contributed by atoms with van der Waals surface area (Å²) in [6.07, 6.45) is 0. The van der Waals surface area contributed by atoms with Crippen LogP contribution in [0, 0.1) is 6.92 Å². The van der Waals surface area contributed by atoms with Gasteiger partial charge in [0.25, 0.3) is 0 Å². The topological polar surface area (TPSA) is 49.9 Å². The predicted octanol–water partition coefficient (Wildman–Crippen LogP) is 3.17. The smallest absolute Gasteiger partial charge is 0.244 e. The van der Waals surface area contributed by atoms with Crippen molar-refractivity contribution in [1.82, 2.24) is 4.31 Å². The summed E-state index contributed by atoms with van der Waals surface area (Å²) < 4.78 is 32.6. The van der Waals surface area contributed by atoms with Gasteiger partial charge < -0.3 is 9.64 Å². The molecular weight excluding hydrogens is 360 g/mol. The Balaban J connectivity index is 1.78. The molecule has 0 saturated carbocycles. The fourth-order valence-corrected chi connectivity index (χ4v) is 4.92. The fraction of sp³-hybridized carbons (Fsp3) is 0.333. The van der Waals surface area contributed by atoms with Gasteiger partial charge in [0.15, 0.2) is 0 Å². The first-order valence-corrected chi connectivity index (χ1v) is 9.89. The van der Waals surface area contributed by atoms with E-state index < -0.39 is 10.0 Å². The molecule has 2 aromatic rings. The molecule has 0 bridgehead atoms. The Morgan fingerprint density at radius 1 is 1.04 bits per heavy atom. The molecule has 1 heterocycles. The highest BCUT2D eigenvalue weighted by Crippen LogP contribution is 2.31. The third-order valence-corrected chi connectivity index (χ3v) is 6.77. The zero-order chi connectivity index (χ0) is 18.0. The largest absolute Gasteiger partial charge is 0.495 e. The molecule has 1 aliphatic heterocycles. The van der Waals surface area contributed by atoms with Gasteiger partial charge in [-0.2, -0.15) is 4.31 Å². The summed E-state index contributed by atoms with van der Waals surface area (Å²) >= 11 is 6.08. The maximum Gasteiger partial charge on any atom is 0.244 e. The number of ether oxygens (including phenoxy) is 1. The number of methoxy groups -OCH3 is 1. The average Bonchev–Trinajstić information content (AvgIpc) is 2.62. The first kappa shape index (κ1) is 18.0. The fourth-order valence-electron chi connectivity index (χ4n) is 3.01. The lowest BCUT2D eigenvalue weighted by Crippen LogP contribution is -2.48. The number of piperazine rings is 1. The van der Waals surface area contributed by atoms with Gasteiger partial charge in [0.1, 0.15) is 10.6 Å². The molecule has 5 nitrogen and oxygen atoms in total. The summed E-state index contributed by atoms with van der Waals surface area (Å²) in [5.41, 5.74) is 2.14. The van der Waals surface area contributed by atoms with E-state index in [1.54, 1.807) is 31.4 Å². The Kier molecular flexibility index (Phi) is 5.22. The standard InChI is InChI=1S/C18H21ClN2O3S/c1-14-7-8-17(24-2)16(13-14)20-9-11-21(12-10-20)25(22,23)18-6-4-3-5-15(18)19/h3-8,13H,9-12H2,1-2H3. The third-order valence-electron chi connectivity index (χ3n) is 4.37. The Bertz CT molecular complexity index is 862. The van der Waals surface area contributed by atoms with Crippen LogP contribution in [0.2, 0.25) is 5.02 Å². The average molecular weight is 381 g/mol. The summed E-state index contributed by atoms with van der Waals surface area (Å²) in [5, 5.41) is 0.255. The van der Waals surface area contributed by atoms with Crippen molar-refractivity contribution in [1.29, 1.82) is 0 Å². The highest BCUT2D eigenvalue weighted by Gasteiger charge is 2.30. The van der Waals surface area contributed by atoms with Gasteiger partial charge >= 0.3 is 0 Å². The SMILES string of the molecule is COc1ccc(C)cc1N1CCN(S(=O)(=O)c2ccccc2Cl)CC1. The normalized spacial score (nSPS) is 16.0. The molecule has 134 valence electrons. The number of benzene rings is 2. The maximum absolute atomic E-state index is 12.8. The lowest BCUT2D eigenvalue weighted by molar-refractivity contribution is 0.378. The number of anilines is 1. The molecule has 0 spiro atoms. The molecule has 0 atom stereocenters. The van der Waals surface area contributed by atoms with Crippen LogP contribution in [0.1, 0.15) is 5.56 Å². The molecule has 0 radical (unpaired) electrons. The molecule has 25 heavy (non-hydrogen) atoms. The number of aryl methyl sites for hydroxylation is 1. The minimum atomic E-state index is -3.58. The van der Waals surface area contributed by atoms with Crippen LogP contribution in [-0.4, -0.2) is 46.0 Å². The summed E-state index contributed by atoms with van der Waals surface area (Å²) in [6, 6.07) is 12.6. The van der Waals surface area contributed by atoms with Gasteiger partial charge in [-0.1, -0.05) is 29.8 Å². The third kappa shape index (κ3) is 3.61. The van der Waals surface area contributed by atoms with E-state index in [1.807, 2.05) is 19.1 Å². The van der Waals surface area contributed by atoms with Crippen molar-refractivity contribution in [2.24, 2.45) is 0 Å². The van der Waals surface area contributed by atoms with Gasteiger partial charge in [-0.3, -0.25) is 0 Å². The van der Waals surface area contributed by atoms with Crippen molar-refractivity contribution in [3.63, 3.8) is 0 Å². The molecule has 0 aliphatic carbocycles. The number of sulfonamides is 1. The first-order valence-electron chi connectivity index (χ1n) is 8.08. The van der Waals surface area contributed by atoms with Crippen molar-refractivity contribution in [3.05, 3.63) is 53.1 Å². The van der Waals surface area contributed by atoms with Crippen molar-refractivity contribution in [2.75, 3.05) is 38.2 Å². The van der Waals surface area contributed by atoms with Crippen LogP contribution in [0.3, 0.4) is 0 Å². The molecule has 0 amide bonds. The monoisotopic (exact) mass is 380 g/mol. The highest BCUT2D eigenvalue weighted by molar-refractivity contribution is 7.89. The van der Waals surface area contributed by atoms with Gasteiger partial charge in [-0.25, -0.2) is 8.42 Å². The number of hydrogen-bond acceptors (Lipinski definition) is 4. The van der Waals surface area contributed by atoms with E-state index in [1.165, 1.54) is 4.31 Å². The summed E-state index contributed by atoms with van der Waals surface area (Å²) in [7, 11) is -1.93. The Morgan fingerprint density at radius 3 is 2.36 bits per heavy atom. The van der Waals surface area contributed by atoms with E-state index in [4.69, 9.17) is 16.3 Å². The van der Waals surface area contributed by atoms with E-state index in [0.29, 0.717) is 26.2 Å². The van der Waals surface area contributed by atoms with E-state index in [-0.39, 0.29) is 9.92 Å². The minimum Gasteiger partial charge on any atom is -0.495 e. The zero-order valence-corrected chi connectivity index (χ0v) is 15.8. The molecule has 3 rings (SSSR count). The Hall–Kier alpha value is -1.76. The van der Waals surface area contributed by atoms with Crippen LogP contribution in [0.5, 0.6) is 5.75 Å². The van der Waals surface area contributed by atoms with Gasteiger partial charge in [-0.15, -0.1) is 0 Å². The van der Waals surface area contributed by atoms with Crippen molar-refractivity contribution in [3.8, 4) is 5.75 Å². The summed E-state index contributed by atoms with van der Waals surface area (Å²) in [5.74, 6) is 0.799. The number of hydrogen-bond donors (Lipinski definition) is 0. The van der Waals surface area contributed by atoms with E-state index in [0.717, 1.165) is 17.0 Å². The van der Waals surface area contributed by atoms with Crippen molar-refractivity contribution in [2.45, 2.75) is 11.8 Å². The molecule has 1 fully saturated rings. The lowest BCUT2D eigenvalue weighted by Gasteiger charge is -2.36. The van der Waals surface area contributed by atoms with Crippen LogP contribution >= 0.6 is 11.6 Å². The summed E-state index contributed by atoms with van der Waals surface area (Å²) in [6.45, 7) is 4.04. The van der Waals surface area contributed by atoms with Gasteiger partial charge in [0.2, 0.25) is 10.0 Å². The van der Waals surface area contributed by atoms with E-state index in [2.05, 4.69) is 11.0 Å². The molecule has 0 aromatic heterocycles. The lowest BCUT2D eigenvalue weighted by atomic mass is 10.1. The van der Waals surface area contributed by atoms with E-state index in [9.17, 15) is 8.42 Å².